The van der Waals surface area contributed by atoms with E-state index >= 15 is 0 Å². The van der Waals surface area contributed by atoms with Crippen molar-refractivity contribution in [3.8, 4) is 0 Å². The molecule has 0 aromatic rings. The molecule has 0 amide bonds. The predicted molar refractivity (Wildman–Crippen MR) is 54.1 cm³/mol. The molecule has 0 aliphatic carbocycles. The van der Waals surface area contributed by atoms with Gasteiger partial charge in [-0.15, -0.1) is 0 Å². The average Bonchev–Trinajstić information content (AvgIpc) is 2.10. The van der Waals surface area contributed by atoms with Crippen LogP contribution in [0, 0.1) is 0 Å². The molecule has 10 nitrogen and oxygen atoms in total. The second-order valence-electron chi connectivity index (χ2n) is 2.22. The first-order valence-electron chi connectivity index (χ1n) is 3.92. The summed E-state index contributed by atoms with van der Waals surface area (Å²) in [6.45, 7) is 0.0186. The normalized spacial score (nSPS) is 11.9. The van der Waals surface area contributed by atoms with Crippen molar-refractivity contribution in [2.75, 3.05) is 26.3 Å². The van der Waals surface area contributed by atoms with Crippen LogP contribution in [-0.2, 0) is 18.2 Å². The maximum Gasteiger partial charge on any atom is 0.469 e. The number of nitrogens with two attached hydrogens (primary N) is 2. The Kier molecular flexibility index (Phi) is 10.6. The second-order valence-corrected chi connectivity index (χ2v) is 4.70. The molecule has 0 aliphatic heterocycles. The van der Waals surface area contributed by atoms with Crippen molar-refractivity contribution in [3.05, 3.63) is 0 Å². The van der Waals surface area contributed by atoms with Gasteiger partial charge in [-0.2, -0.15) is 0 Å². The maximum absolute atomic E-state index is 9.81. The zero-order valence-corrected chi connectivity index (χ0v) is 10.1. The number of phosphoric ester groups is 2. The third kappa shape index (κ3) is 23.7. The molecule has 12 heteroatoms. The summed E-state index contributed by atoms with van der Waals surface area (Å²) in [5.74, 6) is 0. The summed E-state index contributed by atoms with van der Waals surface area (Å²) in [7, 11) is -8.52. The molecule has 0 aromatic carbocycles. The molecule has 0 fully saturated rings. The van der Waals surface area contributed by atoms with Crippen molar-refractivity contribution in [1.82, 2.24) is 0 Å². The predicted octanol–water partition coefficient (Wildman–Crippen LogP) is -1.89. The van der Waals surface area contributed by atoms with E-state index in [1.165, 1.54) is 0 Å². The number of phosphoric acid groups is 2. The molecule has 0 spiro atoms. The van der Waals surface area contributed by atoms with E-state index in [0.29, 0.717) is 0 Å². The van der Waals surface area contributed by atoms with Crippen molar-refractivity contribution in [3.63, 3.8) is 0 Å². The van der Waals surface area contributed by atoms with Crippen LogP contribution in [0.1, 0.15) is 0 Å². The molecule has 0 aromatic heterocycles. The van der Waals surface area contributed by atoms with Crippen molar-refractivity contribution >= 4 is 15.6 Å². The van der Waals surface area contributed by atoms with Crippen LogP contribution < -0.4 is 11.5 Å². The minimum atomic E-state index is -4.26. The SMILES string of the molecule is NCCOP(=O)(O)O.NCCOP(=O)(O)O. The van der Waals surface area contributed by atoms with E-state index < -0.39 is 15.6 Å². The van der Waals surface area contributed by atoms with Crippen LogP contribution in [0.25, 0.3) is 0 Å². The van der Waals surface area contributed by atoms with Crippen molar-refractivity contribution in [2.45, 2.75) is 0 Å². The molecule has 0 unspecified atom stereocenters. The molecule has 0 radical (unpaired) electrons. The Morgan fingerprint density at radius 1 is 0.812 bits per heavy atom. The van der Waals surface area contributed by atoms with Gasteiger partial charge >= 0.3 is 15.6 Å². The minimum absolute atomic E-state index is 0.107. The lowest BCUT2D eigenvalue weighted by Crippen LogP contribution is -2.06. The maximum atomic E-state index is 9.81. The summed E-state index contributed by atoms with van der Waals surface area (Å²) in [5, 5.41) is 0. The Balaban J connectivity index is 0. The van der Waals surface area contributed by atoms with Gasteiger partial charge in [0.25, 0.3) is 0 Å². The van der Waals surface area contributed by atoms with Gasteiger partial charge in [-0.05, 0) is 0 Å². The van der Waals surface area contributed by atoms with Crippen LogP contribution >= 0.6 is 15.6 Å². The summed E-state index contributed by atoms with van der Waals surface area (Å²) in [4.78, 5) is 31.9. The Bertz CT molecular complexity index is 222. The Morgan fingerprint density at radius 2 is 1.06 bits per heavy atom. The zero-order valence-electron chi connectivity index (χ0n) is 8.30. The minimum Gasteiger partial charge on any atom is -0.328 e. The summed E-state index contributed by atoms with van der Waals surface area (Å²) in [6, 6.07) is 0. The van der Waals surface area contributed by atoms with Crippen molar-refractivity contribution < 1.29 is 37.8 Å². The fraction of sp³-hybridized carbons (Fsp3) is 1.00. The monoisotopic (exact) mass is 282 g/mol. The molecule has 0 atom stereocenters. The highest BCUT2D eigenvalue weighted by molar-refractivity contribution is 7.46. The van der Waals surface area contributed by atoms with E-state index in [9.17, 15) is 9.13 Å². The van der Waals surface area contributed by atoms with Gasteiger partial charge in [-0.3, -0.25) is 9.05 Å². The molecule has 0 aliphatic rings. The molecule has 100 valence electrons. The average molecular weight is 282 g/mol. The number of hydrogen-bond donors (Lipinski definition) is 6. The topological polar surface area (TPSA) is 186 Å². The number of hydrogen-bond acceptors (Lipinski definition) is 6. The van der Waals surface area contributed by atoms with Crippen molar-refractivity contribution in [1.29, 1.82) is 0 Å². The van der Waals surface area contributed by atoms with Gasteiger partial charge < -0.3 is 31.0 Å². The molecule has 0 heterocycles. The van der Waals surface area contributed by atoms with Crippen LogP contribution in [0.4, 0.5) is 0 Å². The highest BCUT2D eigenvalue weighted by Crippen LogP contribution is 2.35. The van der Waals surface area contributed by atoms with E-state index in [-0.39, 0.29) is 26.3 Å². The molecule has 8 N–H and O–H groups in total. The molecule has 0 bridgehead atoms. The first-order chi connectivity index (χ1) is 7.12. The largest absolute Gasteiger partial charge is 0.469 e. The Labute approximate surface area is 92.0 Å². The van der Waals surface area contributed by atoms with Crippen LogP contribution in [0.3, 0.4) is 0 Å². The molecule has 0 rings (SSSR count). The van der Waals surface area contributed by atoms with E-state index in [4.69, 9.17) is 31.0 Å². The van der Waals surface area contributed by atoms with E-state index in [0.717, 1.165) is 0 Å². The van der Waals surface area contributed by atoms with Crippen LogP contribution in [0.15, 0.2) is 0 Å². The van der Waals surface area contributed by atoms with Gasteiger partial charge in [0.05, 0.1) is 13.2 Å². The first-order valence-corrected chi connectivity index (χ1v) is 6.98. The third-order valence-corrected chi connectivity index (χ3v) is 1.79. The van der Waals surface area contributed by atoms with E-state index in [2.05, 4.69) is 9.05 Å². The van der Waals surface area contributed by atoms with Crippen LogP contribution in [-0.4, -0.2) is 45.9 Å². The van der Waals surface area contributed by atoms with E-state index in [1.54, 1.807) is 0 Å². The third-order valence-electron chi connectivity index (χ3n) is 0.755. The van der Waals surface area contributed by atoms with Gasteiger partial charge in [0.15, 0.2) is 0 Å². The van der Waals surface area contributed by atoms with Crippen LogP contribution in [0.2, 0.25) is 0 Å². The van der Waals surface area contributed by atoms with Gasteiger partial charge in [0.2, 0.25) is 0 Å². The fourth-order valence-electron chi connectivity index (χ4n) is 0.343. The lowest BCUT2D eigenvalue weighted by atomic mass is 10.8. The number of rotatable bonds is 6. The van der Waals surface area contributed by atoms with Gasteiger partial charge in [-0.1, -0.05) is 0 Å². The van der Waals surface area contributed by atoms with Gasteiger partial charge in [-0.25, -0.2) is 9.13 Å². The van der Waals surface area contributed by atoms with Gasteiger partial charge in [0.1, 0.15) is 0 Å². The lowest BCUT2D eigenvalue weighted by molar-refractivity contribution is 0.200. The highest BCUT2D eigenvalue weighted by atomic mass is 31.2. The Hall–Kier alpha value is 0.140. The lowest BCUT2D eigenvalue weighted by Gasteiger charge is -2.00. The summed E-state index contributed by atoms with van der Waals surface area (Å²) in [5.41, 5.74) is 9.73. The van der Waals surface area contributed by atoms with E-state index in [1.807, 2.05) is 0 Å². The molecule has 0 saturated heterocycles. The zero-order chi connectivity index (χ0) is 13.2. The first kappa shape index (κ1) is 18.5. The molecule has 16 heavy (non-hydrogen) atoms. The smallest absolute Gasteiger partial charge is 0.328 e. The molecular weight excluding hydrogens is 266 g/mol. The fourth-order valence-corrected chi connectivity index (χ4v) is 1.03. The summed E-state index contributed by atoms with van der Waals surface area (Å²) >= 11 is 0. The molecule has 0 saturated carbocycles. The quantitative estimate of drug-likeness (QED) is 0.301. The van der Waals surface area contributed by atoms with Crippen LogP contribution in [0.5, 0.6) is 0 Å². The summed E-state index contributed by atoms with van der Waals surface area (Å²) < 4.78 is 27.5. The summed E-state index contributed by atoms with van der Waals surface area (Å²) in [6.07, 6.45) is 0. The highest BCUT2D eigenvalue weighted by Gasteiger charge is 2.11. The Morgan fingerprint density at radius 3 is 1.12 bits per heavy atom. The second kappa shape index (κ2) is 9.20. The van der Waals surface area contributed by atoms with Gasteiger partial charge in [0, 0.05) is 13.1 Å². The molecular formula is C4H16N2O8P2. The standard InChI is InChI=1S/2C2H8NO4P/c2*3-1-2-7-8(4,5)6/h2*1-3H2,(H2,4,5,6). The van der Waals surface area contributed by atoms with Crippen molar-refractivity contribution in [2.24, 2.45) is 11.5 Å².